The van der Waals surface area contributed by atoms with Crippen LogP contribution in [0, 0.1) is 0 Å². The van der Waals surface area contributed by atoms with Gasteiger partial charge < -0.3 is 25.0 Å². The normalized spacial score (nSPS) is 16.7. The number of likely N-dealkylation sites (tertiary alicyclic amines) is 1. The van der Waals surface area contributed by atoms with Gasteiger partial charge in [0, 0.05) is 13.1 Å². The predicted octanol–water partition coefficient (Wildman–Crippen LogP) is 1.38. The summed E-state index contributed by atoms with van der Waals surface area (Å²) in [5.74, 6) is -2.42. The number of para-hydroxylation sites is 1. The Morgan fingerprint density at radius 3 is 2.43 bits per heavy atom. The molecule has 7 nitrogen and oxygen atoms in total. The van der Waals surface area contributed by atoms with Crippen molar-refractivity contribution >= 4 is 11.9 Å². The summed E-state index contributed by atoms with van der Waals surface area (Å²) in [6.45, 7) is 1.13. The fourth-order valence-electron chi connectivity index (χ4n) is 2.44. The van der Waals surface area contributed by atoms with Gasteiger partial charge in [-0.05, 0) is 31.4 Å². The van der Waals surface area contributed by atoms with E-state index in [1.54, 1.807) is 17.0 Å². The van der Waals surface area contributed by atoms with Gasteiger partial charge in [0.05, 0.1) is 11.6 Å². The molecular weight excluding hydrogens is 302 g/mol. The number of aliphatic carboxylic acids is 1. The molecular formula is C16H19NO6. The number of phenolic OH excluding ortho intramolecular Hbond substituents is 1. The zero-order valence-corrected chi connectivity index (χ0v) is 12.5. The van der Waals surface area contributed by atoms with Gasteiger partial charge in [-0.1, -0.05) is 12.1 Å². The number of carbonyl (C=O) groups excluding carboxylic acids is 1. The van der Waals surface area contributed by atoms with E-state index < -0.39 is 18.2 Å². The molecule has 1 unspecified atom stereocenters. The second kappa shape index (κ2) is 7.64. The van der Waals surface area contributed by atoms with Crippen molar-refractivity contribution in [3.8, 4) is 5.75 Å². The fourth-order valence-corrected chi connectivity index (χ4v) is 2.44. The van der Waals surface area contributed by atoms with Crippen molar-refractivity contribution in [1.29, 1.82) is 0 Å². The Hall–Kier alpha value is -2.54. The summed E-state index contributed by atoms with van der Waals surface area (Å²) in [4.78, 5) is 24.8. The van der Waals surface area contributed by atoms with E-state index in [2.05, 4.69) is 0 Å². The van der Waals surface area contributed by atoms with Gasteiger partial charge in [-0.15, -0.1) is 0 Å². The minimum atomic E-state index is -1.67. The highest BCUT2D eigenvalue weighted by Crippen LogP contribution is 2.24. The fraction of sp³-hybridized carbons (Fsp3) is 0.375. The number of carboxylic acids is 1. The first-order chi connectivity index (χ1) is 11.0. The number of piperidine rings is 1. The maximum atomic E-state index is 11.9. The van der Waals surface area contributed by atoms with Gasteiger partial charge in [-0.2, -0.15) is 0 Å². The Morgan fingerprint density at radius 1 is 1.17 bits per heavy atom. The third-order valence-corrected chi connectivity index (χ3v) is 3.60. The van der Waals surface area contributed by atoms with Crippen LogP contribution in [0.5, 0.6) is 5.75 Å². The van der Waals surface area contributed by atoms with Crippen LogP contribution in [0.4, 0.5) is 0 Å². The molecule has 0 aliphatic carbocycles. The third-order valence-electron chi connectivity index (χ3n) is 3.60. The minimum absolute atomic E-state index is 0.0316. The van der Waals surface area contributed by atoms with E-state index in [1.807, 2.05) is 0 Å². The van der Waals surface area contributed by atoms with Gasteiger partial charge in [0.25, 0.3) is 0 Å². The number of aromatic hydroxyl groups is 1. The molecule has 2 rings (SSSR count). The lowest BCUT2D eigenvalue weighted by Gasteiger charge is -2.28. The second-order valence-corrected chi connectivity index (χ2v) is 5.23. The smallest absolute Gasteiger partial charge is 0.352 e. The Morgan fingerprint density at radius 2 is 1.83 bits per heavy atom. The van der Waals surface area contributed by atoms with E-state index in [0.717, 1.165) is 25.3 Å². The first-order valence-electron chi connectivity index (χ1n) is 7.35. The number of phenols is 1. The van der Waals surface area contributed by atoms with Crippen LogP contribution in [0.3, 0.4) is 0 Å². The molecule has 23 heavy (non-hydrogen) atoms. The molecule has 1 aliphatic rings. The lowest BCUT2D eigenvalue weighted by atomic mass is 10.1. The summed E-state index contributed by atoms with van der Waals surface area (Å²) in [6.07, 6.45) is 1.94. The monoisotopic (exact) mass is 321 g/mol. The molecule has 0 aromatic heterocycles. The molecule has 1 fully saturated rings. The molecule has 1 aromatic carbocycles. The van der Waals surface area contributed by atoms with Crippen molar-refractivity contribution in [3.63, 3.8) is 0 Å². The highest BCUT2D eigenvalue weighted by molar-refractivity contribution is 5.94. The van der Waals surface area contributed by atoms with Gasteiger partial charge in [0.1, 0.15) is 11.4 Å². The molecule has 0 spiro atoms. The van der Waals surface area contributed by atoms with E-state index in [0.29, 0.717) is 13.1 Å². The first kappa shape index (κ1) is 16.8. The number of nitrogens with zero attached hydrogens (tertiary/aromatic N) is 1. The van der Waals surface area contributed by atoms with Crippen LogP contribution in [0.25, 0.3) is 0 Å². The minimum Gasteiger partial charge on any atom is -0.507 e. The van der Waals surface area contributed by atoms with Crippen LogP contribution < -0.4 is 0 Å². The van der Waals surface area contributed by atoms with Crippen molar-refractivity contribution in [2.24, 2.45) is 0 Å². The Balaban J connectivity index is 2.08. The molecule has 1 aliphatic heterocycles. The number of rotatable bonds is 5. The number of hydrogen-bond acceptors (Lipinski definition) is 6. The topological polar surface area (TPSA) is 107 Å². The molecule has 1 saturated heterocycles. The Bertz CT molecular complexity index is 606. The van der Waals surface area contributed by atoms with E-state index >= 15 is 0 Å². The Kier molecular flexibility index (Phi) is 5.59. The van der Waals surface area contributed by atoms with Crippen molar-refractivity contribution < 1.29 is 29.6 Å². The third kappa shape index (κ3) is 4.46. The van der Waals surface area contributed by atoms with E-state index in [4.69, 9.17) is 4.74 Å². The number of esters is 1. The number of benzene rings is 1. The van der Waals surface area contributed by atoms with Crippen molar-refractivity contribution in [3.05, 3.63) is 41.6 Å². The predicted molar refractivity (Wildman–Crippen MR) is 80.3 cm³/mol. The summed E-state index contributed by atoms with van der Waals surface area (Å²) in [5.41, 5.74) is -0.122. The van der Waals surface area contributed by atoms with Crippen molar-refractivity contribution in [2.75, 3.05) is 13.1 Å². The zero-order chi connectivity index (χ0) is 16.8. The van der Waals surface area contributed by atoms with Gasteiger partial charge in [-0.3, -0.25) is 0 Å². The number of aliphatic hydroxyl groups excluding tert-OH is 1. The SMILES string of the molecule is O=C(/C=C(\C(=O)O)N1CCCCC1)OC(O)c1ccccc1O. The van der Waals surface area contributed by atoms with Crippen molar-refractivity contribution in [1.82, 2.24) is 4.90 Å². The maximum absolute atomic E-state index is 11.9. The molecule has 1 aromatic rings. The highest BCUT2D eigenvalue weighted by atomic mass is 16.6. The Labute approximate surface area is 133 Å². The summed E-state index contributed by atoms with van der Waals surface area (Å²) >= 11 is 0. The van der Waals surface area contributed by atoms with Gasteiger partial charge in [0.2, 0.25) is 6.29 Å². The van der Waals surface area contributed by atoms with E-state index in [9.17, 15) is 24.9 Å². The molecule has 3 N–H and O–H groups in total. The largest absolute Gasteiger partial charge is 0.507 e. The molecule has 0 amide bonds. The van der Waals surface area contributed by atoms with Crippen molar-refractivity contribution in [2.45, 2.75) is 25.6 Å². The summed E-state index contributed by atoms with van der Waals surface area (Å²) < 4.78 is 4.78. The highest BCUT2D eigenvalue weighted by Gasteiger charge is 2.22. The number of aliphatic hydroxyl groups is 1. The second-order valence-electron chi connectivity index (χ2n) is 5.23. The average Bonchev–Trinajstić information content (AvgIpc) is 2.53. The standard InChI is InChI=1S/C16H19NO6/c18-13-7-3-2-6-11(13)16(22)23-14(19)10-12(15(20)21)17-8-4-1-5-9-17/h2-3,6-7,10,16,18,22H,1,4-5,8-9H2,(H,20,21)/b12-10+. The molecule has 0 saturated carbocycles. The van der Waals surface area contributed by atoms with Crippen LogP contribution >= 0.6 is 0 Å². The molecule has 124 valence electrons. The van der Waals surface area contributed by atoms with E-state index in [-0.39, 0.29) is 17.0 Å². The van der Waals surface area contributed by atoms with Gasteiger partial charge in [0.15, 0.2) is 0 Å². The molecule has 1 atom stereocenters. The van der Waals surface area contributed by atoms with Gasteiger partial charge >= 0.3 is 11.9 Å². The molecule has 0 radical (unpaired) electrons. The average molecular weight is 321 g/mol. The maximum Gasteiger partial charge on any atom is 0.352 e. The first-order valence-corrected chi connectivity index (χ1v) is 7.35. The van der Waals surface area contributed by atoms with Crippen LogP contribution in [-0.2, 0) is 14.3 Å². The number of hydrogen-bond donors (Lipinski definition) is 3. The summed E-state index contributed by atoms with van der Waals surface area (Å²) in [5, 5.41) is 28.7. The number of ether oxygens (including phenoxy) is 1. The van der Waals surface area contributed by atoms with E-state index in [1.165, 1.54) is 12.1 Å². The quantitative estimate of drug-likeness (QED) is 0.427. The van der Waals surface area contributed by atoms with Crippen LogP contribution in [-0.4, -0.2) is 45.2 Å². The summed E-state index contributed by atoms with van der Waals surface area (Å²) in [7, 11) is 0. The number of carboxylic acid groups (broad SMARTS) is 1. The number of carbonyl (C=O) groups is 2. The van der Waals surface area contributed by atoms with Crippen LogP contribution in [0.1, 0.15) is 31.1 Å². The summed E-state index contributed by atoms with van der Waals surface area (Å²) in [6, 6.07) is 5.88. The molecule has 0 bridgehead atoms. The van der Waals surface area contributed by atoms with Crippen LogP contribution in [0.2, 0.25) is 0 Å². The lowest BCUT2D eigenvalue weighted by Crippen LogP contribution is -2.33. The molecule has 1 heterocycles. The molecule has 7 heteroatoms. The van der Waals surface area contributed by atoms with Crippen LogP contribution in [0.15, 0.2) is 36.0 Å². The lowest BCUT2D eigenvalue weighted by molar-refractivity contribution is -0.163. The van der Waals surface area contributed by atoms with Gasteiger partial charge in [-0.25, -0.2) is 9.59 Å². The zero-order valence-electron chi connectivity index (χ0n) is 12.5.